The fraction of sp³-hybridized carbons (Fsp3) is 0.294. The van der Waals surface area contributed by atoms with Crippen molar-refractivity contribution in [1.29, 1.82) is 0 Å². The molecule has 1 N–H and O–H groups in total. The Kier molecular flexibility index (Phi) is 5.16. The summed E-state index contributed by atoms with van der Waals surface area (Å²) in [6.07, 6.45) is -4.36. The topological polar surface area (TPSA) is 86.6 Å². The highest BCUT2D eigenvalue weighted by atomic mass is 19.4. The molecule has 1 aromatic carbocycles. The number of nitrogens with zero attached hydrogens (tertiary/aromatic N) is 4. The molecule has 2 aromatic rings. The van der Waals surface area contributed by atoms with Gasteiger partial charge in [0.15, 0.2) is 11.5 Å². The Bertz CT molecular complexity index is 902. The molecule has 148 valence electrons. The molecule has 11 heteroatoms. The minimum Gasteiger partial charge on any atom is -0.476 e. The van der Waals surface area contributed by atoms with E-state index in [4.69, 9.17) is 5.11 Å². The van der Waals surface area contributed by atoms with Gasteiger partial charge < -0.3 is 14.9 Å². The van der Waals surface area contributed by atoms with E-state index < -0.39 is 35.0 Å². The summed E-state index contributed by atoms with van der Waals surface area (Å²) >= 11 is 0. The molecule has 0 aliphatic carbocycles. The molecule has 0 bridgehead atoms. The number of hydrogen-bond acceptors (Lipinski definition) is 5. The van der Waals surface area contributed by atoms with Crippen molar-refractivity contribution in [3.8, 4) is 0 Å². The van der Waals surface area contributed by atoms with Crippen LogP contribution < -0.4 is 4.90 Å². The molecule has 2 heterocycles. The van der Waals surface area contributed by atoms with Crippen LogP contribution in [0.3, 0.4) is 0 Å². The van der Waals surface area contributed by atoms with Crippen LogP contribution in [-0.2, 0) is 6.18 Å². The highest BCUT2D eigenvalue weighted by Gasteiger charge is 2.37. The summed E-state index contributed by atoms with van der Waals surface area (Å²) in [5.74, 6) is -2.87. The fourth-order valence-corrected chi connectivity index (χ4v) is 2.87. The zero-order valence-corrected chi connectivity index (χ0v) is 14.3. The average Bonchev–Trinajstić information content (AvgIpc) is 2.66. The lowest BCUT2D eigenvalue weighted by molar-refractivity contribution is -0.138. The zero-order chi connectivity index (χ0) is 20.5. The number of aromatic nitrogens is 2. The van der Waals surface area contributed by atoms with Gasteiger partial charge in [-0.05, 0) is 36.8 Å². The molecular weight excluding hydrogens is 384 g/mol. The second-order valence-electron chi connectivity index (χ2n) is 6.10. The number of carboxylic acid groups (broad SMARTS) is 1. The first-order chi connectivity index (χ1) is 13.2. The molecule has 1 aliphatic heterocycles. The summed E-state index contributed by atoms with van der Waals surface area (Å²) in [5.41, 5.74) is -2.23. The van der Waals surface area contributed by atoms with E-state index in [1.165, 1.54) is 12.1 Å². The van der Waals surface area contributed by atoms with E-state index in [-0.39, 0.29) is 24.7 Å². The lowest BCUT2D eigenvalue weighted by atomic mass is 10.0. The Morgan fingerprint density at radius 3 is 2.43 bits per heavy atom. The van der Waals surface area contributed by atoms with Crippen LogP contribution in [0.5, 0.6) is 0 Å². The van der Waals surface area contributed by atoms with Gasteiger partial charge in [-0.1, -0.05) is 0 Å². The van der Waals surface area contributed by atoms with E-state index in [1.54, 1.807) is 4.90 Å². The monoisotopic (exact) mass is 398 g/mol. The number of halogens is 4. The molecule has 7 nitrogen and oxygen atoms in total. The van der Waals surface area contributed by atoms with Crippen LogP contribution in [0.15, 0.2) is 30.3 Å². The maximum atomic E-state index is 13.5. The Balaban J connectivity index is 1.84. The third kappa shape index (κ3) is 4.02. The summed E-state index contributed by atoms with van der Waals surface area (Å²) < 4.78 is 53.0. The van der Waals surface area contributed by atoms with Crippen LogP contribution in [0, 0.1) is 5.82 Å². The van der Waals surface area contributed by atoms with Crippen molar-refractivity contribution in [2.24, 2.45) is 0 Å². The van der Waals surface area contributed by atoms with Crippen molar-refractivity contribution >= 4 is 17.7 Å². The molecule has 1 fully saturated rings. The average molecular weight is 398 g/mol. The Morgan fingerprint density at radius 1 is 1.07 bits per heavy atom. The number of benzene rings is 1. The Labute approximate surface area is 156 Å². The molecule has 28 heavy (non-hydrogen) atoms. The van der Waals surface area contributed by atoms with Gasteiger partial charge in [0.2, 0.25) is 0 Å². The number of aromatic carboxylic acids is 1. The van der Waals surface area contributed by atoms with Crippen LogP contribution in [0.2, 0.25) is 0 Å². The molecule has 1 saturated heterocycles. The summed E-state index contributed by atoms with van der Waals surface area (Å²) in [6, 6.07) is 4.40. The summed E-state index contributed by atoms with van der Waals surface area (Å²) in [7, 11) is 0. The molecule has 0 spiro atoms. The molecule has 1 aliphatic rings. The molecule has 0 saturated carbocycles. The van der Waals surface area contributed by atoms with Crippen molar-refractivity contribution in [3.05, 3.63) is 53.0 Å². The number of carboxylic acids is 1. The second-order valence-corrected chi connectivity index (χ2v) is 6.10. The van der Waals surface area contributed by atoms with Gasteiger partial charge in [0, 0.05) is 13.1 Å². The normalized spacial score (nSPS) is 14.9. The van der Waals surface area contributed by atoms with Crippen molar-refractivity contribution in [2.45, 2.75) is 12.6 Å². The second kappa shape index (κ2) is 7.41. The molecule has 0 atom stereocenters. The molecule has 0 radical (unpaired) electrons. The first kappa shape index (κ1) is 19.5. The number of carbonyl (C=O) groups excluding carboxylic acids is 1. The fourth-order valence-electron chi connectivity index (χ4n) is 2.87. The van der Waals surface area contributed by atoms with Gasteiger partial charge in [0.1, 0.15) is 5.82 Å². The first-order valence-corrected chi connectivity index (χ1v) is 8.15. The summed E-state index contributed by atoms with van der Waals surface area (Å²) in [5, 5.41) is 16.2. The van der Waals surface area contributed by atoms with Gasteiger partial charge in [-0.15, -0.1) is 10.2 Å². The number of carbonyl (C=O) groups is 2. The Morgan fingerprint density at radius 2 is 1.82 bits per heavy atom. The lowest BCUT2D eigenvalue weighted by Gasteiger charge is -2.36. The van der Waals surface area contributed by atoms with E-state index in [9.17, 15) is 27.2 Å². The van der Waals surface area contributed by atoms with Gasteiger partial charge in [-0.2, -0.15) is 13.2 Å². The smallest absolute Gasteiger partial charge is 0.417 e. The van der Waals surface area contributed by atoms with E-state index in [0.717, 1.165) is 4.90 Å². The van der Waals surface area contributed by atoms with E-state index >= 15 is 0 Å². The van der Waals surface area contributed by atoms with Crippen LogP contribution in [0.1, 0.15) is 32.8 Å². The predicted molar refractivity (Wildman–Crippen MR) is 88.3 cm³/mol. The van der Waals surface area contributed by atoms with Crippen molar-refractivity contribution < 1.29 is 32.3 Å². The number of alkyl halides is 3. The minimum atomic E-state index is -4.80. The van der Waals surface area contributed by atoms with Crippen LogP contribution in [-0.4, -0.2) is 51.8 Å². The highest BCUT2D eigenvalue weighted by Crippen LogP contribution is 2.33. The van der Waals surface area contributed by atoms with Crippen molar-refractivity contribution in [1.82, 2.24) is 15.1 Å². The van der Waals surface area contributed by atoms with Crippen molar-refractivity contribution in [2.75, 3.05) is 24.7 Å². The van der Waals surface area contributed by atoms with Gasteiger partial charge in [-0.3, -0.25) is 4.79 Å². The largest absolute Gasteiger partial charge is 0.476 e. The zero-order valence-electron chi connectivity index (χ0n) is 14.3. The molecule has 0 unspecified atom stereocenters. The lowest BCUT2D eigenvalue weighted by Crippen LogP contribution is -2.48. The van der Waals surface area contributed by atoms with Gasteiger partial charge in [0.05, 0.1) is 17.8 Å². The van der Waals surface area contributed by atoms with E-state index in [2.05, 4.69) is 10.2 Å². The van der Waals surface area contributed by atoms with Gasteiger partial charge >= 0.3 is 12.1 Å². The molecular formula is C17H14F4N4O3. The van der Waals surface area contributed by atoms with Crippen LogP contribution >= 0.6 is 0 Å². The van der Waals surface area contributed by atoms with Crippen LogP contribution in [0.4, 0.5) is 23.4 Å². The van der Waals surface area contributed by atoms with Crippen molar-refractivity contribution in [3.63, 3.8) is 0 Å². The third-order valence-corrected chi connectivity index (χ3v) is 4.20. The minimum absolute atomic E-state index is 0.0895. The van der Waals surface area contributed by atoms with Gasteiger partial charge in [-0.25, -0.2) is 9.18 Å². The molecule has 3 rings (SSSR count). The van der Waals surface area contributed by atoms with Gasteiger partial charge in [0.25, 0.3) is 5.91 Å². The highest BCUT2D eigenvalue weighted by molar-refractivity contribution is 5.96. The number of anilines is 1. The maximum absolute atomic E-state index is 13.5. The standard InChI is InChI=1S/C17H14F4N4O3/c18-10-2-3-12(17(19,20)21)11(8-10)15(26)25-7-1-6-24(9-25)14-5-4-13(16(27)28)22-23-14/h2-5,8H,1,6-7,9H2,(H,27,28). The van der Waals surface area contributed by atoms with E-state index in [1.807, 2.05) is 0 Å². The number of rotatable bonds is 3. The first-order valence-electron chi connectivity index (χ1n) is 8.15. The SMILES string of the molecule is O=C(O)c1ccc(N2CCCN(C(=O)c3cc(F)ccc3C(F)(F)F)C2)nn1. The summed E-state index contributed by atoms with van der Waals surface area (Å²) in [4.78, 5) is 26.2. The van der Waals surface area contributed by atoms with E-state index in [0.29, 0.717) is 31.2 Å². The number of hydrogen-bond donors (Lipinski definition) is 1. The van der Waals surface area contributed by atoms with Crippen LogP contribution in [0.25, 0.3) is 0 Å². The Hall–Kier alpha value is -3.24. The third-order valence-electron chi connectivity index (χ3n) is 4.20. The predicted octanol–water partition coefficient (Wildman–Crippen LogP) is 2.64. The maximum Gasteiger partial charge on any atom is 0.417 e. The molecule has 1 amide bonds. The number of amides is 1. The summed E-state index contributed by atoms with van der Waals surface area (Å²) in [6.45, 7) is 0.539. The quantitative estimate of drug-likeness (QED) is 0.800. The molecule has 1 aromatic heterocycles.